The van der Waals surface area contributed by atoms with Crippen LogP contribution in [0.1, 0.15) is 104 Å². The molecular formula is C66H93ClF3N11O11. The molecule has 0 aromatic heterocycles. The van der Waals surface area contributed by atoms with Crippen molar-refractivity contribution in [1.29, 1.82) is 0 Å². The summed E-state index contributed by atoms with van der Waals surface area (Å²) < 4.78 is 44.6. The zero-order chi connectivity index (χ0) is 69.2. The first-order valence-electron chi connectivity index (χ1n) is 31.0. The Morgan fingerprint density at radius 2 is 1.05 bits per heavy atom. The Labute approximate surface area is 543 Å². The molecule has 0 spiro atoms. The van der Waals surface area contributed by atoms with Gasteiger partial charge < -0.3 is 55.6 Å². The van der Waals surface area contributed by atoms with Gasteiger partial charge in [-0.3, -0.25) is 52.7 Å². The first-order chi connectivity index (χ1) is 43.1. The minimum atomic E-state index is -1.69. The summed E-state index contributed by atoms with van der Waals surface area (Å²) >= 11 is 6.19. The monoisotopic (exact) mass is 1310 g/mol. The van der Waals surface area contributed by atoms with E-state index in [1.165, 1.54) is 71.0 Å². The van der Waals surface area contributed by atoms with E-state index < -0.39 is 175 Å². The molecule has 3 aromatic carbocycles. The third-order valence-electron chi connectivity index (χ3n) is 16.7. The van der Waals surface area contributed by atoms with Crippen molar-refractivity contribution in [2.75, 3.05) is 69.0 Å². The lowest BCUT2D eigenvalue weighted by molar-refractivity contribution is -0.149. The standard InChI is InChI=1S/C66H93ClF3N11O11/c1-16-40(6)59-66(92)77(11)36-57(84)75(9)37-58(85)79(13)53(32-44-22-24-45(67)25-23-44)64(90)76(10)35-55(82)72-50(27-26-47-48(69)33-46(68)34-49(47)70)61(87)73-51(28-38(2)3)63(89)81(15)54(31-43-20-18-17-19-21-43)65(91)80(14)52(29-39(4)5)62(88)71-41(7)30-56(83)78(12)42(8)60(86)74-59/h17-25,33-34,38-42,50-54,59H,16,26-32,35-37H2,1-15H3,(H,71,88)(H,72,82)(H,73,87)(H,74,86)/t40-,41+,42-,50-,51-,52-,53-,54-,59-/m0/s1. The number of benzene rings is 3. The van der Waals surface area contributed by atoms with Gasteiger partial charge in [0.25, 0.3) is 0 Å². The van der Waals surface area contributed by atoms with E-state index >= 15 is 18.4 Å². The number of amides is 11. The van der Waals surface area contributed by atoms with Gasteiger partial charge in [-0.15, -0.1) is 0 Å². The topological polar surface area (TPSA) is 259 Å². The fraction of sp³-hybridized carbons (Fsp3) is 0.561. The van der Waals surface area contributed by atoms with E-state index in [1.807, 2.05) is 13.8 Å². The van der Waals surface area contributed by atoms with Crippen molar-refractivity contribution in [3.05, 3.63) is 106 Å². The van der Waals surface area contributed by atoms with Crippen LogP contribution in [0.5, 0.6) is 0 Å². The summed E-state index contributed by atoms with van der Waals surface area (Å²) in [6, 6.07) is 5.94. The van der Waals surface area contributed by atoms with E-state index in [4.69, 9.17) is 11.6 Å². The predicted octanol–water partition coefficient (Wildman–Crippen LogP) is 4.38. The van der Waals surface area contributed by atoms with E-state index in [9.17, 15) is 47.5 Å². The molecule has 3 aromatic rings. The van der Waals surface area contributed by atoms with E-state index in [0.29, 0.717) is 34.7 Å². The van der Waals surface area contributed by atoms with Crippen molar-refractivity contribution in [2.45, 2.75) is 155 Å². The highest BCUT2D eigenvalue weighted by atomic mass is 35.5. The summed E-state index contributed by atoms with van der Waals surface area (Å²) in [7, 11) is 9.44. The lowest BCUT2D eigenvalue weighted by Gasteiger charge is -2.37. The first-order valence-corrected chi connectivity index (χ1v) is 31.3. The molecular weight excluding hydrogens is 1220 g/mol. The van der Waals surface area contributed by atoms with E-state index in [-0.39, 0.29) is 43.9 Å². The number of carbonyl (C=O) groups is 11. The molecule has 1 saturated heterocycles. The molecule has 1 aliphatic heterocycles. The van der Waals surface area contributed by atoms with Crippen LogP contribution in [0.4, 0.5) is 13.2 Å². The fourth-order valence-electron chi connectivity index (χ4n) is 10.6. The van der Waals surface area contributed by atoms with Gasteiger partial charge in [-0.05, 0) is 80.5 Å². The molecule has 1 aliphatic rings. The average molecular weight is 1310 g/mol. The second kappa shape index (κ2) is 35.1. The van der Waals surface area contributed by atoms with Gasteiger partial charge in [-0.25, -0.2) is 13.2 Å². The van der Waals surface area contributed by atoms with Crippen molar-refractivity contribution in [2.24, 2.45) is 17.8 Å². The minimum absolute atomic E-state index is 0.0374. The first kappa shape index (κ1) is 76.4. The largest absolute Gasteiger partial charge is 0.351 e. The Kier molecular flexibility index (Phi) is 29.1. The number of nitrogens with one attached hydrogen (secondary N) is 4. The van der Waals surface area contributed by atoms with Crippen LogP contribution in [-0.4, -0.2) is 217 Å². The van der Waals surface area contributed by atoms with Gasteiger partial charge in [0.1, 0.15) is 59.7 Å². The number of halogens is 4. The number of hydrogen-bond donors (Lipinski definition) is 4. The summed E-state index contributed by atoms with van der Waals surface area (Å²) in [5.74, 6) is -12.8. The zero-order valence-corrected chi connectivity index (χ0v) is 56.4. The zero-order valence-electron chi connectivity index (χ0n) is 55.6. The van der Waals surface area contributed by atoms with E-state index in [2.05, 4.69) is 21.3 Å². The molecule has 0 bridgehead atoms. The van der Waals surface area contributed by atoms with Crippen LogP contribution in [0, 0.1) is 35.2 Å². The molecule has 4 rings (SSSR count). The Morgan fingerprint density at radius 1 is 0.522 bits per heavy atom. The van der Waals surface area contributed by atoms with Gasteiger partial charge in [0.2, 0.25) is 65.0 Å². The van der Waals surface area contributed by atoms with Gasteiger partial charge in [0.15, 0.2) is 0 Å². The van der Waals surface area contributed by atoms with Crippen LogP contribution >= 0.6 is 11.6 Å². The molecule has 506 valence electrons. The smallest absolute Gasteiger partial charge is 0.246 e. The van der Waals surface area contributed by atoms with Crippen LogP contribution < -0.4 is 21.3 Å². The lowest BCUT2D eigenvalue weighted by Crippen LogP contribution is -2.60. The van der Waals surface area contributed by atoms with Crippen molar-refractivity contribution in [3.8, 4) is 0 Å². The van der Waals surface area contributed by atoms with Crippen LogP contribution in [0.3, 0.4) is 0 Å². The van der Waals surface area contributed by atoms with Crippen LogP contribution in [-0.2, 0) is 72.0 Å². The third kappa shape index (κ3) is 21.8. The van der Waals surface area contributed by atoms with Gasteiger partial charge in [0, 0.05) is 97.4 Å². The SMILES string of the molecule is CC[C@H](C)[C@@H]1NC(=O)[C@H](C)N(C)C(=O)C[C@@H](C)NC(=O)[C@H](CC(C)C)N(C)C(=O)[C@H](Cc2ccccc2)N(C)C(=O)[C@H](CC(C)C)NC(=O)[C@H](CCc2c(F)cc(F)cc2F)NC(=O)CN(C)C(=O)[C@H](Cc2ccc(Cl)cc2)N(C)C(=O)CN(C)C(=O)CN(C)C1=O. The number of hydrogen-bond acceptors (Lipinski definition) is 11. The molecule has 9 atom stereocenters. The van der Waals surface area contributed by atoms with Crippen molar-refractivity contribution < 1.29 is 65.9 Å². The Bertz CT molecular complexity index is 3080. The van der Waals surface area contributed by atoms with Crippen molar-refractivity contribution in [1.82, 2.24) is 55.6 Å². The second-order valence-electron chi connectivity index (χ2n) is 25.1. The summed E-state index contributed by atoms with van der Waals surface area (Å²) in [5.41, 5.74) is 0.547. The normalized spacial score (nSPS) is 23.4. The van der Waals surface area contributed by atoms with E-state index in [0.717, 1.165) is 19.6 Å². The highest BCUT2D eigenvalue weighted by molar-refractivity contribution is 6.30. The van der Waals surface area contributed by atoms with Gasteiger partial charge in [-0.2, -0.15) is 0 Å². The molecule has 1 heterocycles. The molecule has 1 fully saturated rings. The van der Waals surface area contributed by atoms with Crippen LogP contribution in [0.15, 0.2) is 66.7 Å². The molecule has 0 saturated carbocycles. The Balaban J connectivity index is 1.87. The summed E-state index contributed by atoms with van der Waals surface area (Å²) in [6.45, 7) is 11.9. The third-order valence-corrected chi connectivity index (χ3v) is 17.0. The molecule has 0 unspecified atom stereocenters. The fourth-order valence-corrected chi connectivity index (χ4v) is 10.7. The van der Waals surface area contributed by atoms with Crippen LogP contribution in [0.25, 0.3) is 0 Å². The maximum absolute atomic E-state index is 15.2. The Hall–Kier alpha value is -8.09. The summed E-state index contributed by atoms with van der Waals surface area (Å²) in [5, 5.41) is 11.2. The van der Waals surface area contributed by atoms with Gasteiger partial charge in [-0.1, -0.05) is 102 Å². The average Bonchev–Trinajstić information content (AvgIpc) is 0.885. The molecule has 0 radical (unpaired) electrons. The molecule has 0 aliphatic carbocycles. The second-order valence-corrected chi connectivity index (χ2v) is 25.5. The van der Waals surface area contributed by atoms with Crippen LogP contribution in [0.2, 0.25) is 5.02 Å². The predicted molar refractivity (Wildman–Crippen MR) is 341 cm³/mol. The number of carbonyl (C=O) groups excluding carboxylic acids is 11. The van der Waals surface area contributed by atoms with E-state index in [1.54, 1.807) is 89.2 Å². The number of rotatable bonds is 13. The molecule has 22 nitrogen and oxygen atoms in total. The molecule has 26 heteroatoms. The molecule has 4 N–H and O–H groups in total. The molecule has 92 heavy (non-hydrogen) atoms. The van der Waals surface area contributed by atoms with Gasteiger partial charge in [0.05, 0.1) is 19.6 Å². The highest BCUT2D eigenvalue weighted by Gasteiger charge is 2.40. The lowest BCUT2D eigenvalue weighted by atomic mass is 9.97. The Morgan fingerprint density at radius 3 is 1.62 bits per heavy atom. The summed E-state index contributed by atoms with van der Waals surface area (Å²) in [4.78, 5) is 166. The van der Waals surface area contributed by atoms with Crippen molar-refractivity contribution in [3.63, 3.8) is 0 Å². The summed E-state index contributed by atoms with van der Waals surface area (Å²) in [6.07, 6.45) is -1.11. The van der Waals surface area contributed by atoms with Crippen molar-refractivity contribution >= 4 is 76.6 Å². The van der Waals surface area contributed by atoms with Gasteiger partial charge >= 0.3 is 0 Å². The molecule has 11 amide bonds. The maximum atomic E-state index is 15.2. The highest BCUT2D eigenvalue weighted by Crippen LogP contribution is 2.23. The quantitative estimate of drug-likeness (QED) is 0.187. The number of nitrogens with zero attached hydrogens (tertiary/aromatic N) is 7. The maximum Gasteiger partial charge on any atom is 0.246 e. The number of likely N-dealkylation sites (N-methyl/N-ethyl adjacent to an activating group) is 7. The minimum Gasteiger partial charge on any atom is -0.351 e.